The van der Waals surface area contributed by atoms with E-state index in [1.165, 1.54) is 19.2 Å². The summed E-state index contributed by atoms with van der Waals surface area (Å²) in [4.78, 5) is 23.2. The molecule has 0 radical (unpaired) electrons. The molecule has 1 amide bonds. The van der Waals surface area contributed by atoms with E-state index in [1.807, 2.05) is 4.90 Å². The highest BCUT2D eigenvalue weighted by Crippen LogP contribution is 2.42. The predicted octanol–water partition coefficient (Wildman–Crippen LogP) is 3.05. The van der Waals surface area contributed by atoms with Gasteiger partial charge in [0.25, 0.3) is 5.91 Å². The third-order valence-electron chi connectivity index (χ3n) is 6.79. The molecule has 1 saturated carbocycles. The fraction of sp³-hybridized carbons (Fsp3) is 0.458. The second-order valence-corrected chi connectivity index (χ2v) is 9.13. The van der Waals surface area contributed by atoms with Gasteiger partial charge in [0.15, 0.2) is 11.5 Å². The summed E-state index contributed by atoms with van der Waals surface area (Å²) in [6.07, 6.45) is -2.16. The molecule has 5 rings (SSSR count). The van der Waals surface area contributed by atoms with E-state index in [-0.39, 0.29) is 35.2 Å². The van der Waals surface area contributed by atoms with Crippen molar-refractivity contribution in [3.63, 3.8) is 0 Å². The number of carbonyl (C=O) groups excluding carboxylic acids is 1. The van der Waals surface area contributed by atoms with E-state index in [4.69, 9.17) is 14.9 Å². The van der Waals surface area contributed by atoms with Gasteiger partial charge in [-0.15, -0.1) is 0 Å². The third-order valence-corrected chi connectivity index (χ3v) is 6.79. The molecule has 3 heterocycles. The number of nitrogens with one attached hydrogen (secondary N) is 1. The normalized spacial score (nSPS) is 18.4. The number of nitrogens with zero attached hydrogens (tertiary/aromatic N) is 3. The van der Waals surface area contributed by atoms with Crippen LogP contribution in [0, 0.1) is 0 Å². The quantitative estimate of drug-likeness (QED) is 0.447. The van der Waals surface area contributed by atoms with Crippen LogP contribution in [0.15, 0.2) is 28.7 Å². The van der Waals surface area contributed by atoms with E-state index >= 15 is 0 Å². The maximum atomic E-state index is 13.2. The van der Waals surface area contributed by atoms with E-state index in [9.17, 15) is 23.1 Å². The number of rotatable bonds is 7. The van der Waals surface area contributed by atoms with Crippen LogP contribution in [0.3, 0.4) is 0 Å². The van der Waals surface area contributed by atoms with Crippen LogP contribution >= 0.6 is 0 Å². The Bertz CT molecular complexity index is 1300. The molecule has 2 aliphatic rings. The number of methoxy groups -OCH3 is 1. The predicted molar refractivity (Wildman–Crippen MR) is 123 cm³/mol. The molecular weight excluding hydrogens is 479 g/mol. The number of amides is 1. The minimum Gasteiger partial charge on any atom is -0.494 e. The second kappa shape index (κ2) is 9.02. The van der Waals surface area contributed by atoms with E-state index in [1.54, 1.807) is 6.07 Å². The van der Waals surface area contributed by atoms with Gasteiger partial charge in [-0.2, -0.15) is 13.2 Å². The number of aromatic nitrogens is 2. The van der Waals surface area contributed by atoms with Crippen LogP contribution in [0.1, 0.15) is 47.6 Å². The van der Waals surface area contributed by atoms with Crippen LogP contribution in [-0.2, 0) is 12.7 Å². The summed E-state index contributed by atoms with van der Waals surface area (Å²) in [6.45, 7) is 1.42. The van der Waals surface area contributed by atoms with Crippen molar-refractivity contribution in [3.8, 4) is 17.2 Å². The first-order valence-electron chi connectivity index (χ1n) is 11.7. The molecule has 9 nitrogen and oxygen atoms in total. The lowest BCUT2D eigenvalue weighted by Crippen LogP contribution is -2.53. The van der Waals surface area contributed by atoms with Crippen molar-refractivity contribution in [1.29, 1.82) is 0 Å². The summed E-state index contributed by atoms with van der Waals surface area (Å²) >= 11 is 0. The first-order chi connectivity index (χ1) is 17.2. The number of pyridine rings is 1. The molecule has 2 aromatic heterocycles. The monoisotopic (exact) mass is 505 g/mol. The van der Waals surface area contributed by atoms with Crippen molar-refractivity contribution in [2.24, 2.45) is 5.73 Å². The molecule has 1 aliphatic carbocycles. The third kappa shape index (κ3) is 4.29. The topological polar surface area (TPSA) is 127 Å². The zero-order valence-electron chi connectivity index (χ0n) is 19.6. The van der Waals surface area contributed by atoms with Gasteiger partial charge in [0.2, 0.25) is 5.89 Å². The highest BCUT2D eigenvalue weighted by molar-refractivity contribution is 5.98. The Labute approximate surface area is 204 Å². The average Bonchev–Trinajstić information content (AvgIpc) is 3.25. The van der Waals surface area contributed by atoms with Gasteiger partial charge >= 0.3 is 6.18 Å². The lowest BCUT2D eigenvalue weighted by Gasteiger charge is -2.30. The number of likely N-dealkylation sites (tertiary alicyclic amines) is 1. The smallest absolute Gasteiger partial charge is 0.433 e. The Hall–Kier alpha value is -3.22. The molecule has 1 atom stereocenters. The lowest BCUT2D eigenvalue weighted by molar-refractivity contribution is -0.140. The fourth-order valence-corrected chi connectivity index (χ4v) is 4.69. The Balaban J connectivity index is 1.49. The molecule has 1 unspecified atom stereocenters. The Morgan fingerprint density at radius 2 is 1.97 bits per heavy atom. The van der Waals surface area contributed by atoms with Crippen LogP contribution in [0.25, 0.3) is 22.4 Å². The van der Waals surface area contributed by atoms with Gasteiger partial charge in [0.05, 0.1) is 19.2 Å². The molecule has 1 aliphatic heterocycles. The number of hydrogen-bond acceptors (Lipinski definition) is 8. The zero-order chi connectivity index (χ0) is 25.7. The van der Waals surface area contributed by atoms with Gasteiger partial charge in [-0.1, -0.05) is 0 Å². The number of halogens is 3. The van der Waals surface area contributed by atoms with Gasteiger partial charge in [0, 0.05) is 24.0 Å². The van der Waals surface area contributed by atoms with Crippen LogP contribution < -0.4 is 15.8 Å². The fourth-order valence-electron chi connectivity index (χ4n) is 4.69. The summed E-state index contributed by atoms with van der Waals surface area (Å²) in [7, 11) is 1.33. The molecule has 1 saturated heterocycles. The summed E-state index contributed by atoms with van der Waals surface area (Å²) in [5.74, 6) is -0.246. The van der Waals surface area contributed by atoms with Crippen molar-refractivity contribution in [2.75, 3.05) is 20.2 Å². The summed E-state index contributed by atoms with van der Waals surface area (Å²) < 4.78 is 50.7. The maximum absolute atomic E-state index is 13.2. The van der Waals surface area contributed by atoms with E-state index < -0.39 is 29.5 Å². The summed E-state index contributed by atoms with van der Waals surface area (Å²) in [6, 6.07) is 5.16. The molecule has 0 spiro atoms. The number of fused-ring (bicyclic) bond motifs is 1. The molecular formula is C24H26F3N5O4. The number of aliphatic hydroxyl groups excluding tert-OH is 1. The van der Waals surface area contributed by atoms with Crippen molar-refractivity contribution in [2.45, 2.75) is 50.2 Å². The molecule has 12 heteroatoms. The summed E-state index contributed by atoms with van der Waals surface area (Å²) in [5.41, 5.74) is 4.28. The average molecular weight is 505 g/mol. The lowest BCUT2D eigenvalue weighted by atomic mass is 10.1. The molecule has 3 aromatic rings. The standard InChI is InChI=1S/C24H26F3N5O4/c1-35-15-6-4-14(13-5-7-17(24(25,26)27)29-18(13)15)21-30-19(16(12-28)36-21)20(33)31-23(8-9-23)22(34)32-10-2-3-11-32/h4-7,22,34H,2-3,8-12,28H2,1H3,(H,31,33). The van der Waals surface area contributed by atoms with E-state index in [0.717, 1.165) is 32.0 Å². The van der Waals surface area contributed by atoms with Gasteiger partial charge in [-0.05, 0) is 49.9 Å². The van der Waals surface area contributed by atoms with Gasteiger partial charge in [-0.3, -0.25) is 9.69 Å². The minimum absolute atomic E-state index is 0.0137. The number of hydrogen-bond donors (Lipinski definition) is 3. The van der Waals surface area contributed by atoms with E-state index in [0.29, 0.717) is 23.8 Å². The number of oxazole rings is 1. The van der Waals surface area contributed by atoms with E-state index in [2.05, 4.69) is 15.3 Å². The van der Waals surface area contributed by atoms with Gasteiger partial charge in [0.1, 0.15) is 23.2 Å². The Kier molecular flexibility index (Phi) is 6.13. The van der Waals surface area contributed by atoms with Crippen molar-refractivity contribution in [1.82, 2.24) is 20.2 Å². The maximum Gasteiger partial charge on any atom is 0.433 e. The first kappa shape index (κ1) is 24.5. The number of alkyl halides is 3. The van der Waals surface area contributed by atoms with Crippen LogP contribution in [0.5, 0.6) is 5.75 Å². The molecule has 192 valence electrons. The molecule has 1 aromatic carbocycles. The zero-order valence-corrected chi connectivity index (χ0v) is 19.6. The summed E-state index contributed by atoms with van der Waals surface area (Å²) in [5, 5.41) is 14.1. The van der Waals surface area contributed by atoms with Gasteiger partial charge < -0.3 is 25.3 Å². The second-order valence-electron chi connectivity index (χ2n) is 9.13. The number of carbonyl (C=O) groups is 1. The largest absolute Gasteiger partial charge is 0.494 e. The van der Waals surface area contributed by atoms with Crippen molar-refractivity contribution >= 4 is 16.8 Å². The SMILES string of the molecule is COc1ccc(-c2nc(C(=O)NC3(C(O)N4CCCC4)CC3)c(CN)o2)c2ccc(C(F)(F)F)nc12. The van der Waals surface area contributed by atoms with Crippen LogP contribution in [-0.4, -0.2) is 57.8 Å². The Morgan fingerprint density at radius 3 is 2.58 bits per heavy atom. The van der Waals surface area contributed by atoms with Crippen molar-refractivity contribution in [3.05, 3.63) is 41.4 Å². The number of benzene rings is 1. The number of ether oxygens (including phenoxy) is 1. The van der Waals surface area contributed by atoms with Crippen molar-refractivity contribution < 1.29 is 32.2 Å². The first-order valence-corrected chi connectivity index (χ1v) is 11.7. The highest BCUT2D eigenvalue weighted by atomic mass is 19.4. The Morgan fingerprint density at radius 1 is 1.25 bits per heavy atom. The molecule has 2 fully saturated rings. The number of aliphatic hydroxyl groups is 1. The minimum atomic E-state index is -4.63. The van der Waals surface area contributed by atoms with Crippen LogP contribution in [0.4, 0.5) is 13.2 Å². The molecule has 0 bridgehead atoms. The highest BCUT2D eigenvalue weighted by Gasteiger charge is 2.53. The molecule has 4 N–H and O–H groups in total. The molecule has 36 heavy (non-hydrogen) atoms. The number of nitrogens with two attached hydrogens (primary N) is 1. The van der Waals surface area contributed by atoms with Gasteiger partial charge in [-0.25, -0.2) is 9.97 Å². The van der Waals surface area contributed by atoms with Crippen LogP contribution in [0.2, 0.25) is 0 Å².